The van der Waals surface area contributed by atoms with Crippen LogP contribution in [0.5, 0.6) is 11.5 Å². The zero-order valence-electron chi connectivity index (χ0n) is 14.2. The minimum Gasteiger partial charge on any atom is -0.486 e. The van der Waals surface area contributed by atoms with Crippen LogP contribution in [0, 0.1) is 0 Å². The maximum absolute atomic E-state index is 6.17. The van der Waals surface area contributed by atoms with Gasteiger partial charge in [0, 0.05) is 11.4 Å². The Kier molecular flexibility index (Phi) is 4.10. The molecular formula is C19H18ClN3O2S. The molecule has 0 radical (unpaired) electrons. The second kappa shape index (κ2) is 6.59. The SMILES string of the molecule is Clc1nc(NCc2ccc3c(c2)OCCO3)c2c3c(sc2n1)CCCC3. The number of thiophene rings is 1. The zero-order valence-corrected chi connectivity index (χ0v) is 15.8. The molecule has 0 saturated heterocycles. The Morgan fingerprint density at radius 1 is 1.08 bits per heavy atom. The minimum absolute atomic E-state index is 0.292. The number of fused-ring (bicyclic) bond motifs is 4. The fraction of sp³-hybridized carbons (Fsp3) is 0.368. The van der Waals surface area contributed by atoms with Crippen LogP contribution in [-0.2, 0) is 19.4 Å². The van der Waals surface area contributed by atoms with E-state index < -0.39 is 0 Å². The van der Waals surface area contributed by atoms with Gasteiger partial charge in [-0.05, 0) is 60.5 Å². The van der Waals surface area contributed by atoms with Crippen molar-refractivity contribution in [2.45, 2.75) is 32.2 Å². The highest BCUT2D eigenvalue weighted by Gasteiger charge is 2.21. The number of anilines is 1. The number of nitrogens with one attached hydrogen (secondary N) is 1. The van der Waals surface area contributed by atoms with Crippen molar-refractivity contribution in [2.24, 2.45) is 0 Å². The molecule has 134 valence electrons. The van der Waals surface area contributed by atoms with Gasteiger partial charge in [0.05, 0.1) is 5.39 Å². The van der Waals surface area contributed by atoms with Crippen LogP contribution in [0.3, 0.4) is 0 Å². The highest BCUT2D eigenvalue weighted by atomic mass is 35.5. The molecule has 2 aliphatic rings. The summed E-state index contributed by atoms with van der Waals surface area (Å²) in [6.45, 7) is 1.84. The number of aryl methyl sites for hydroxylation is 2. The Hall–Kier alpha value is -2.05. The van der Waals surface area contributed by atoms with E-state index in [1.807, 2.05) is 18.2 Å². The first-order valence-electron chi connectivity index (χ1n) is 8.88. The lowest BCUT2D eigenvalue weighted by Crippen LogP contribution is -2.15. The topological polar surface area (TPSA) is 56.3 Å². The Labute approximate surface area is 160 Å². The number of nitrogens with zero attached hydrogens (tertiary/aromatic N) is 2. The third kappa shape index (κ3) is 2.87. The molecular weight excluding hydrogens is 370 g/mol. The summed E-state index contributed by atoms with van der Waals surface area (Å²) >= 11 is 7.93. The van der Waals surface area contributed by atoms with E-state index in [1.54, 1.807) is 11.3 Å². The average molecular weight is 388 g/mol. The Morgan fingerprint density at radius 2 is 1.92 bits per heavy atom. The molecule has 3 aromatic rings. The molecule has 0 bridgehead atoms. The lowest BCUT2D eigenvalue weighted by atomic mass is 9.97. The van der Waals surface area contributed by atoms with Crippen LogP contribution in [0.25, 0.3) is 10.2 Å². The summed E-state index contributed by atoms with van der Waals surface area (Å²) in [6.07, 6.45) is 4.71. The standard InChI is InChI=1S/C19H18ClN3O2S/c20-19-22-17(16-12-3-1-2-4-15(12)26-18(16)23-19)21-10-11-5-6-13-14(9-11)25-8-7-24-13/h5-6,9H,1-4,7-8,10H2,(H,21,22,23). The van der Waals surface area contributed by atoms with Gasteiger partial charge >= 0.3 is 0 Å². The number of ether oxygens (including phenoxy) is 2. The van der Waals surface area contributed by atoms with Crippen LogP contribution < -0.4 is 14.8 Å². The van der Waals surface area contributed by atoms with Gasteiger partial charge in [-0.15, -0.1) is 11.3 Å². The molecule has 1 aliphatic carbocycles. The fourth-order valence-corrected chi connectivity index (χ4v) is 5.12. The summed E-state index contributed by atoms with van der Waals surface area (Å²) in [5.41, 5.74) is 2.51. The van der Waals surface area contributed by atoms with Crippen molar-refractivity contribution in [2.75, 3.05) is 18.5 Å². The summed E-state index contributed by atoms with van der Waals surface area (Å²) in [5.74, 6) is 2.43. The summed E-state index contributed by atoms with van der Waals surface area (Å²) < 4.78 is 11.3. The van der Waals surface area contributed by atoms with Crippen molar-refractivity contribution in [3.8, 4) is 11.5 Å². The fourth-order valence-electron chi connectivity index (χ4n) is 3.64. The molecule has 1 N–H and O–H groups in total. The molecule has 0 fully saturated rings. The molecule has 3 heterocycles. The normalized spacial score (nSPS) is 15.7. The van der Waals surface area contributed by atoms with Crippen molar-refractivity contribution in [1.29, 1.82) is 0 Å². The smallest absolute Gasteiger partial charge is 0.225 e. The molecule has 26 heavy (non-hydrogen) atoms. The maximum atomic E-state index is 6.17. The van der Waals surface area contributed by atoms with Crippen molar-refractivity contribution in [3.05, 3.63) is 39.5 Å². The Balaban J connectivity index is 1.47. The number of halogens is 1. The molecule has 0 unspecified atom stereocenters. The monoisotopic (exact) mass is 387 g/mol. The average Bonchev–Trinajstić information content (AvgIpc) is 3.04. The van der Waals surface area contributed by atoms with Gasteiger partial charge in [0.15, 0.2) is 11.5 Å². The number of hydrogen-bond donors (Lipinski definition) is 1. The highest BCUT2D eigenvalue weighted by molar-refractivity contribution is 7.19. The van der Waals surface area contributed by atoms with Crippen LogP contribution in [0.1, 0.15) is 28.8 Å². The molecule has 2 aromatic heterocycles. The van der Waals surface area contributed by atoms with E-state index in [1.165, 1.54) is 23.3 Å². The van der Waals surface area contributed by atoms with E-state index in [-0.39, 0.29) is 0 Å². The van der Waals surface area contributed by atoms with E-state index in [0.717, 1.165) is 45.9 Å². The van der Waals surface area contributed by atoms with Crippen molar-refractivity contribution in [3.63, 3.8) is 0 Å². The van der Waals surface area contributed by atoms with Crippen molar-refractivity contribution >= 4 is 39.0 Å². The summed E-state index contributed by atoms with van der Waals surface area (Å²) in [5, 5.41) is 4.90. The van der Waals surface area contributed by atoms with Gasteiger partial charge in [0.1, 0.15) is 23.9 Å². The van der Waals surface area contributed by atoms with E-state index in [2.05, 4.69) is 15.3 Å². The molecule has 5 nitrogen and oxygen atoms in total. The molecule has 0 amide bonds. The van der Waals surface area contributed by atoms with Crippen LogP contribution >= 0.6 is 22.9 Å². The first-order valence-corrected chi connectivity index (χ1v) is 10.1. The van der Waals surface area contributed by atoms with Crippen LogP contribution in [-0.4, -0.2) is 23.2 Å². The summed E-state index contributed by atoms with van der Waals surface area (Å²) in [7, 11) is 0. The molecule has 1 aliphatic heterocycles. The largest absolute Gasteiger partial charge is 0.486 e. The lowest BCUT2D eigenvalue weighted by Gasteiger charge is -2.19. The van der Waals surface area contributed by atoms with E-state index in [4.69, 9.17) is 21.1 Å². The van der Waals surface area contributed by atoms with Gasteiger partial charge in [-0.3, -0.25) is 0 Å². The Morgan fingerprint density at radius 3 is 2.85 bits per heavy atom. The molecule has 0 spiro atoms. The van der Waals surface area contributed by atoms with Crippen molar-refractivity contribution < 1.29 is 9.47 Å². The predicted molar refractivity (Wildman–Crippen MR) is 104 cm³/mol. The first-order chi connectivity index (χ1) is 12.8. The number of hydrogen-bond acceptors (Lipinski definition) is 6. The van der Waals surface area contributed by atoms with Gasteiger partial charge in [-0.1, -0.05) is 6.07 Å². The van der Waals surface area contributed by atoms with Gasteiger partial charge in [0.25, 0.3) is 0 Å². The van der Waals surface area contributed by atoms with Crippen molar-refractivity contribution in [1.82, 2.24) is 9.97 Å². The quantitative estimate of drug-likeness (QED) is 0.665. The van der Waals surface area contributed by atoms with E-state index in [9.17, 15) is 0 Å². The predicted octanol–water partition coefficient (Wildman–Crippen LogP) is 4.61. The summed E-state index contributed by atoms with van der Waals surface area (Å²) in [6, 6.07) is 6.02. The first kappa shape index (κ1) is 16.1. The summed E-state index contributed by atoms with van der Waals surface area (Å²) in [4.78, 5) is 11.4. The zero-order chi connectivity index (χ0) is 17.5. The second-order valence-corrected chi connectivity index (χ2v) is 7.99. The second-order valence-electron chi connectivity index (χ2n) is 6.56. The molecule has 5 rings (SSSR count). The highest BCUT2D eigenvalue weighted by Crippen LogP contribution is 2.39. The van der Waals surface area contributed by atoms with Crippen LogP contribution in [0.15, 0.2) is 18.2 Å². The lowest BCUT2D eigenvalue weighted by molar-refractivity contribution is 0.171. The van der Waals surface area contributed by atoms with Gasteiger partial charge in [0.2, 0.25) is 5.28 Å². The van der Waals surface area contributed by atoms with Gasteiger partial charge in [-0.2, -0.15) is 0 Å². The van der Waals surface area contributed by atoms with E-state index in [0.29, 0.717) is 25.0 Å². The molecule has 7 heteroatoms. The van der Waals surface area contributed by atoms with E-state index >= 15 is 0 Å². The van der Waals surface area contributed by atoms with Gasteiger partial charge < -0.3 is 14.8 Å². The molecule has 0 atom stereocenters. The minimum atomic E-state index is 0.292. The van der Waals surface area contributed by atoms with Gasteiger partial charge in [-0.25, -0.2) is 9.97 Å². The molecule has 0 saturated carbocycles. The van der Waals surface area contributed by atoms with Crippen LogP contribution in [0.4, 0.5) is 5.82 Å². The number of aromatic nitrogens is 2. The number of rotatable bonds is 3. The molecule has 1 aromatic carbocycles. The Bertz CT molecular complexity index is 989. The third-order valence-corrected chi connectivity index (χ3v) is 6.21. The third-order valence-electron chi connectivity index (χ3n) is 4.85. The number of benzene rings is 1. The van der Waals surface area contributed by atoms with Crippen LogP contribution in [0.2, 0.25) is 5.28 Å². The maximum Gasteiger partial charge on any atom is 0.225 e.